The quantitative estimate of drug-likeness (QED) is 0.573. The van der Waals surface area contributed by atoms with E-state index in [1.165, 1.54) is 6.07 Å². The first-order chi connectivity index (χ1) is 5.16. The summed E-state index contributed by atoms with van der Waals surface area (Å²) in [6.07, 6.45) is 0. The number of nitrogens with zero attached hydrogens (tertiary/aromatic N) is 1. The summed E-state index contributed by atoms with van der Waals surface area (Å²) in [6, 6.07) is 4.99. The molecule has 0 aliphatic rings. The van der Waals surface area contributed by atoms with Gasteiger partial charge < -0.3 is 11.5 Å². The molecule has 0 saturated heterocycles. The van der Waals surface area contributed by atoms with Gasteiger partial charge in [-0.3, -0.25) is 0 Å². The molecule has 4 N–H and O–H groups in total. The van der Waals surface area contributed by atoms with Gasteiger partial charge >= 0.3 is 0 Å². The third-order valence-electron chi connectivity index (χ3n) is 1.33. The van der Waals surface area contributed by atoms with Crippen molar-refractivity contribution in [3.63, 3.8) is 0 Å². The van der Waals surface area contributed by atoms with E-state index in [0.717, 1.165) is 0 Å². The Bertz CT molecular complexity index is 327. The van der Waals surface area contributed by atoms with Gasteiger partial charge in [-0.2, -0.15) is 5.26 Å². The summed E-state index contributed by atoms with van der Waals surface area (Å²) in [5.74, 6) is 0. The molecule has 0 unspecified atom stereocenters. The predicted molar refractivity (Wildman–Crippen MR) is 45.0 cm³/mol. The highest BCUT2D eigenvalue weighted by atomic mass is 35.5. The maximum Gasteiger partial charge on any atom is 0.101 e. The first-order valence-corrected chi connectivity index (χ1v) is 3.28. The second-order valence-corrected chi connectivity index (χ2v) is 2.42. The maximum atomic E-state index is 8.50. The van der Waals surface area contributed by atoms with Gasteiger partial charge in [-0.1, -0.05) is 11.6 Å². The lowest BCUT2D eigenvalue weighted by molar-refractivity contribution is 1.48. The molecule has 0 aliphatic carbocycles. The van der Waals surface area contributed by atoms with Gasteiger partial charge in [-0.15, -0.1) is 0 Å². The van der Waals surface area contributed by atoms with E-state index in [1.807, 2.05) is 6.07 Å². The van der Waals surface area contributed by atoms with Crippen molar-refractivity contribution in [2.24, 2.45) is 0 Å². The summed E-state index contributed by atoms with van der Waals surface area (Å²) in [4.78, 5) is 0. The molecule has 0 fully saturated rings. The van der Waals surface area contributed by atoms with Crippen LogP contribution in [0.1, 0.15) is 5.56 Å². The number of benzene rings is 1. The maximum absolute atomic E-state index is 8.50. The van der Waals surface area contributed by atoms with Crippen LogP contribution in [0.25, 0.3) is 0 Å². The van der Waals surface area contributed by atoms with Crippen LogP contribution in [0, 0.1) is 11.3 Å². The summed E-state index contributed by atoms with van der Waals surface area (Å²) >= 11 is 5.67. The second kappa shape index (κ2) is 2.69. The van der Waals surface area contributed by atoms with Gasteiger partial charge in [-0.05, 0) is 12.1 Å². The average molecular weight is 168 g/mol. The van der Waals surface area contributed by atoms with Crippen LogP contribution in [0.15, 0.2) is 12.1 Å². The fraction of sp³-hybridized carbons (Fsp3) is 0. The zero-order valence-corrected chi connectivity index (χ0v) is 6.39. The zero-order valence-electron chi connectivity index (χ0n) is 5.63. The fourth-order valence-corrected chi connectivity index (χ4v) is 0.909. The molecule has 0 bridgehead atoms. The molecular weight excluding hydrogens is 162 g/mol. The van der Waals surface area contributed by atoms with Crippen LogP contribution in [0.5, 0.6) is 0 Å². The van der Waals surface area contributed by atoms with E-state index in [9.17, 15) is 0 Å². The molecule has 11 heavy (non-hydrogen) atoms. The van der Waals surface area contributed by atoms with E-state index in [4.69, 9.17) is 28.3 Å². The molecule has 1 aromatic rings. The number of hydrogen-bond donors (Lipinski definition) is 2. The highest BCUT2D eigenvalue weighted by Gasteiger charge is 2.04. The van der Waals surface area contributed by atoms with Gasteiger partial charge in [0.2, 0.25) is 0 Å². The zero-order chi connectivity index (χ0) is 8.43. The van der Waals surface area contributed by atoms with Crippen molar-refractivity contribution >= 4 is 23.0 Å². The Morgan fingerprint density at radius 1 is 1.36 bits per heavy atom. The first-order valence-electron chi connectivity index (χ1n) is 2.90. The molecule has 0 radical (unpaired) electrons. The number of anilines is 2. The van der Waals surface area contributed by atoms with Crippen molar-refractivity contribution in [1.29, 1.82) is 5.26 Å². The lowest BCUT2D eigenvalue weighted by atomic mass is 10.2. The Morgan fingerprint density at radius 3 is 2.55 bits per heavy atom. The molecule has 0 amide bonds. The van der Waals surface area contributed by atoms with Crippen LogP contribution in [0.3, 0.4) is 0 Å². The number of hydrogen-bond acceptors (Lipinski definition) is 3. The largest absolute Gasteiger partial charge is 0.397 e. The molecule has 3 nitrogen and oxygen atoms in total. The predicted octanol–water partition coefficient (Wildman–Crippen LogP) is 1.38. The number of nitrogens with two attached hydrogens (primary N) is 2. The minimum Gasteiger partial charge on any atom is -0.397 e. The molecule has 0 aromatic heterocycles. The van der Waals surface area contributed by atoms with Gasteiger partial charge in [-0.25, -0.2) is 0 Å². The minimum atomic E-state index is 0.229. The van der Waals surface area contributed by atoms with E-state index in [0.29, 0.717) is 11.3 Å². The van der Waals surface area contributed by atoms with Gasteiger partial charge in [0, 0.05) is 0 Å². The van der Waals surface area contributed by atoms with E-state index >= 15 is 0 Å². The topological polar surface area (TPSA) is 75.8 Å². The smallest absolute Gasteiger partial charge is 0.101 e. The first kappa shape index (κ1) is 7.70. The lowest BCUT2D eigenvalue weighted by Crippen LogP contribution is -1.96. The summed E-state index contributed by atoms with van der Waals surface area (Å²) in [5.41, 5.74) is 11.9. The normalized spacial score (nSPS) is 9.09. The Hall–Kier alpha value is -1.40. The number of nitrogen functional groups attached to an aromatic ring is 2. The van der Waals surface area contributed by atoms with E-state index in [2.05, 4.69) is 0 Å². The monoisotopic (exact) mass is 167 g/mol. The van der Waals surface area contributed by atoms with Crippen molar-refractivity contribution in [3.05, 3.63) is 22.7 Å². The minimum absolute atomic E-state index is 0.229. The standard InChI is InChI=1S/C7H6ClN3/c8-6-4(3-9)1-2-5(10)7(6)11/h1-2H,10-11H2. The Kier molecular flexibility index (Phi) is 1.88. The number of nitriles is 1. The van der Waals surface area contributed by atoms with Crippen LogP contribution in [0.4, 0.5) is 11.4 Å². The fourth-order valence-electron chi connectivity index (χ4n) is 0.694. The average Bonchev–Trinajstić information content (AvgIpc) is 2.01. The van der Waals surface area contributed by atoms with Crippen molar-refractivity contribution in [3.8, 4) is 6.07 Å². The van der Waals surface area contributed by atoms with Crippen molar-refractivity contribution < 1.29 is 0 Å². The summed E-state index contributed by atoms with van der Waals surface area (Å²) in [6.45, 7) is 0. The van der Waals surface area contributed by atoms with E-state index < -0.39 is 0 Å². The van der Waals surface area contributed by atoms with E-state index in [-0.39, 0.29) is 10.7 Å². The Balaban J connectivity index is 3.40. The van der Waals surface area contributed by atoms with Crippen LogP contribution in [-0.4, -0.2) is 0 Å². The molecular formula is C7H6ClN3. The Labute approximate surface area is 69.2 Å². The van der Waals surface area contributed by atoms with Crippen molar-refractivity contribution in [2.75, 3.05) is 11.5 Å². The number of halogens is 1. The van der Waals surface area contributed by atoms with Crippen LogP contribution >= 0.6 is 11.6 Å². The molecule has 0 heterocycles. The molecule has 0 aliphatic heterocycles. The van der Waals surface area contributed by atoms with Crippen molar-refractivity contribution in [1.82, 2.24) is 0 Å². The third-order valence-corrected chi connectivity index (χ3v) is 1.74. The highest BCUT2D eigenvalue weighted by Crippen LogP contribution is 2.27. The van der Waals surface area contributed by atoms with Crippen LogP contribution in [0.2, 0.25) is 5.02 Å². The van der Waals surface area contributed by atoms with Gasteiger partial charge in [0.15, 0.2) is 0 Å². The molecule has 1 rings (SSSR count). The SMILES string of the molecule is N#Cc1ccc(N)c(N)c1Cl. The number of rotatable bonds is 0. The summed E-state index contributed by atoms with van der Waals surface area (Å²) < 4.78 is 0. The third kappa shape index (κ3) is 1.21. The lowest BCUT2D eigenvalue weighted by Gasteiger charge is -2.02. The molecule has 1 aromatic carbocycles. The van der Waals surface area contributed by atoms with Gasteiger partial charge in [0.1, 0.15) is 6.07 Å². The summed E-state index contributed by atoms with van der Waals surface area (Å²) in [7, 11) is 0. The van der Waals surface area contributed by atoms with Crippen molar-refractivity contribution in [2.45, 2.75) is 0 Å². The van der Waals surface area contributed by atoms with E-state index in [1.54, 1.807) is 6.07 Å². The summed E-state index contributed by atoms with van der Waals surface area (Å²) in [5, 5.41) is 8.73. The highest BCUT2D eigenvalue weighted by molar-refractivity contribution is 6.34. The Morgan fingerprint density at radius 2 is 2.00 bits per heavy atom. The van der Waals surface area contributed by atoms with Crippen LogP contribution in [-0.2, 0) is 0 Å². The molecule has 0 spiro atoms. The molecule has 0 atom stereocenters. The van der Waals surface area contributed by atoms with Gasteiger partial charge in [0.25, 0.3) is 0 Å². The van der Waals surface area contributed by atoms with Crippen LogP contribution < -0.4 is 11.5 Å². The molecule has 4 heteroatoms. The molecule has 0 saturated carbocycles. The molecule has 56 valence electrons. The van der Waals surface area contributed by atoms with Gasteiger partial charge in [0.05, 0.1) is 22.0 Å². The second-order valence-electron chi connectivity index (χ2n) is 2.04.